The van der Waals surface area contributed by atoms with Gasteiger partial charge in [0.1, 0.15) is 6.61 Å². The Balaban J connectivity index is 3.08. The van der Waals surface area contributed by atoms with Gasteiger partial charge < -0.3 is 19.3 Å². The maximum absolute atomic E-state index is 10.5. The molecule has 0 aromatic carbocycles. The van der Waals surface area contributed by atoms with E-state index in [4.69, 9.17) is 9.84 Å². The van der Waals surface area contributed by atoms with Gasteiger partial charge in [0.25, 0.3) is 0 Å². The molecule has 0 aromatic heterocycles. The molecule has 0 bridgehead atoms. The van der Waals surface area contributed by atoms with Gasteiger partial charge >= 0.3 is 6.16 Å². The maximum atomic E-state index is 10.5. The van der Waals surface area contributed by atoms with Crippen molar-refractivity contribution >= 4 is 6.16 Å². The summed E-state index contributed by atoms with van der Waals surface area (Å²) in [7, 11) is 0. The van der Waals surface area contributed by atoms with Crippen molar-refractivity contribution in [2.75, 3.05) is 26.4 Å². The van der Waals surface area contributed by atoms with Crippen molar-refractivity contribution in [2.24, 2.45) is 0 Å². The molecule has 0 aliphatic heterocycles. The number of aliphatic hydroxyl groups excluding tert-OH is 1. The standard InChI is InChI=1S/C7H12O5/c1-2-11-7(9)12-6-5-10-4-3-8/h2,8H,1,3-6H2. The smallest absolute Gasteiger partial charge is 0.432 e. The molecule has 0 aromatic rings. The molecule has 0 saturated heterocycles. The van der Waals surface area contributed by atoms with Crippen molar-refractivity contribution in [3.8, 4) is 0 Å². The van der Waals surface area contributed by atoms with E-state index in [0.717, 1.165) is 6.26 Å². The number of ether oxygens (including phenoxy) is 3. The number of hydrogen-bond donors (Lipinski definition) is 1. The van der Waals surface area contributed by atoms with Crippen LogP contribution in [0.2, 0.25) is 0 Å². The van der Waals surface area contributed by atoms with E-state index in [0.29, 0.717) is 0 Å². The molecule has 5 heteroatoms. The Hall–Kier alpha value is -1.07. The van der Waals surface area contributed by atoms with Gasteiger partial charge in [-0.25, -0.2) is 4.79 Å². The number of rotatable bonds is 6. The number of carbonyl (C=O) groups is 1. The van der Waals surface area contributed by atoms with Crippen molar-refractivity contribution in [3.63, 3.8) is 0 Å². The Morgan fingerprint density at radius 3 is 2.75 bits per heavy atom. The van der Waals surface area contributed by atoms with Crippen molar-refractivity contribution in [1.29, 1.82) is 0 Å². The van der Waals surface area contributed by atoms with E-state index >= 15 is 0 Å². The largest absolute Gasteiger partial charge is 0.513 e. The molecule has 0 heterocycles. The normalized spacial score (nSPS) is 9.08. The first-order valence-corrected chi connectivity index (χ1v) is 3.44. The molecule has 0 atom stereocenters. The van der Waals surface area contributed by atoms with Crippen LogP contribution in [0.15, 0.2) is 12.8 Å². The molecular weight excluding hydrogens is 164 g/mol. The molecule has 0 spiro atoms. The van der Waals surface area contributed by atoms with Gasteiger partial charge in [0.15, 0.2) is 0 Å². The Morgan fingerprint density at radius 2 is 2.17 bits per heavy atom. The van der Waals surface area contributed by atoms with Gasteiger partial charge in [-0.3, -0.25) is 0 Å². The summed E-state index contributed by atoms with van der Waals surface area (Å²) >= 11 is 0. The SMILES string of the molecule is C=COC(=O)OCCOCCO. The lowest BCUT2D eigenvalue weighted by atomic mass is 10.7. The Kier molecular flexibility index (Phi) is 7.31. The van der Waals surface area contributed by atoms with Gasteiger partial charge in [-0.2, -0.15) is 0 Å². The molecule has 12 heavy (non-hydrogen) atoms. The molecule has 70 valence electrons. The summed E-state index contributed by atoms with van der Waals surface area (Å²) in [6.45, 7) is 3.71. The number of aliphatic hydroxyl groups is 1. The fraction of sp³-hybridized carbons (Fsp3) is 0.571. The summed E-state index contributed by atoms with van der Waals surface area (Å²) < 4.78 is 13.5. The first kappa shape index (κ1) is 10.9. The van der Waals surface area contributed by atoms with E-state index in [1.54, 1.807) is 0 Å². The van der Waals surface area contributed by atoms with E-state index in [-0.39, 0.29) is 26.4 Å². The average Bonchev–Trinajstić information content (AvgIpc) is 2.05. The highest BCUT2D eigenvalue weighted by Crippen LogP contribution is 1.85. The topological polar surface area (TPSA) is 65.0 Å². The molecule has 0 unspecified atom stereocenters. The van der Waals surface area contributed by atoms with Gasteiger partial charge in [0.2, 0.25) is 0 Å². The molecular formula is C7H12O5. The van der Waals surface area contributed by atoms with E-state index in [1.807, 2.05) is 0 Å². The molecule has 0 fully saturated rings. The van der Waals surface area contributed by atoms with Crippen LogP contribution in [0.3, 0.4) is 0 Å². The van der Waals surface area contributed by atoms with Crippen LogP contribution in [0.5, 0.6) is 0 Å². The van der Waals surface area contributed by atoms with Crippen LogP contribution in [-0.4, -0.2) is 37.7 Å². The predicted molar refractivity (Wildman–Crippen MR) is 40.5 cm³/mol. The minimum Gasteiger partial charge on any atom is -0.432 e. The zero-order valence-electron chi connectivity index (χ0n) is 6.69. The number of carbonyl (C=O) groups excluding carboxylic acids is 1. The molecule has 0 amide bonds. The highest BCUT2D eigenvalue weighted by Gasteiger charge is 1.99. The Bertz CT molecular complexity index is 134. The third-order valence-electron chi connectivity index (χ3n) is 0.863. The van der Waals surface area contributed by atoms with Crippen LogP contribution in [-0.2, 0) is 14.2 Å². The Labute approximate surface area is 70.5 Å². The van der Waals surface area contributed by atoms with Crippen LogP contribution in [0.25, 0.3) is 0 Å². The zero-order chi connectivity index (χ0) is 9.23. The summed E-state index contributed by atoms with van der Waals surface area (Å²) in [5, 5.41) is 8.29. The average molecular weight is 176 g/mol. The van der Waals surface area contributed by atoms with Gasteiger partial charge in [0, 0.05) is 0 Å². The second kappa shape index (κ2) is 8.03. The van der Waals surface area contributed by atoms with Crippen LogP contribution >= 0.6 is 0 Å². The monoisotopic (exact) mass is 176 g/mol. The molecule has 0 aliphatic rings. The molecule has 5 nitrogen and oxygen atoms in total. The van der Waals surface area contributed by atoms with Crippen molar-refractivity contribution < 1.29 is 24.1 Å². The van der Waals surface area contributed by atoms with Crippen molar-refractivity contribution in [2.45, 2.75) is 0 Å². The van der Waals surface area contributed by atoms with Crippen LogP contribution < -0.4 is 0 Å². The lowest BCUT2D eigenvalue weighted by Gasteiger charge is -2.02. The highest BCUT2D eigenvalue weighted by atomic mass is 16.7. The molecule has 0 radical (unpaired) electrons. The summed E-state index contributed by atoms with van der Waals surface area (Å²) in [6, 6.07) is 0. The summed E-state index contributed by atoms with van der Waals surface area (Å²) in [5.74, 6) is 0. The maximum Gasteiger partial charge on any atom is 0.513 e. The summed E-state index contributed by atoms with van der Waals surface area (Å²) in [5.41, 5.74) is 0. The van der Waals surface area contributed by atoms with Crippen LogP contribution in [0.1, 0.15) is 0 Å². The Morgan fingerprint density at radius 1 is 1.42 bits per heavy atom. The van der Waals surface area contributed by atoms with Gasteiger partial charge in [0.05, 0.1) is 26.1 Å². The van der Waals surface area contributed by atoms with E-state index < -0.39 is 6.16 Å². The molecule has 0 aliphatic carbocycles. The fourth-order valence-electron chi connectivity index (χ4n) is 0.453. The van der Waals surface area contributed by atoms with Gasteiger partial charge in [-0.05, 0) is 0 Å². The van der Waals surface area contributed by atoms with Gasteiger partial charge in [-0.1, -0.05) is 6.58 Å². The van der Waals surface area contributed by atoms with Crippen molar-refractivity contribution in [3.05, 3.63) is 12.8 Å². The molecule has 0 rings (SSSR count). The first-order chi connectivity index (χ1) is 5.81. The second-order valence-electron chi connectivity index (χ2n) is 1.72. The summed E-state index contributed by atoms with van der Waals surface area (Å²) in [6.07, 6.45) is 0.175. The van der Waals surface area contributed by atoms with Crippen LogP contribution in [0.4, 0.5) is 4.79 Å². The fourth-order valence-corrected chi connectivity index (χ4v) is 0.453. The third kappa shape index (κ3) is 7.04. The minimum atomic E-state index is -0.808. The van der Waals surface area contributed by atoms with Gasteiger partial charge in [-0.15, -0.1) is 0 Å². The van der Waals surface area contributed by atoms with E-state index in [1.165, 1.54) is 0 Å². The second-order valence-corrected chi connectivity index (χ2v) is 1.72. The lowest BCUT2D eigenvalue weighted by molar-refractivity contribution is 0.0339. The zero-order valence-corrected chi connectivity index (χ0v) is 6.69. The third-order valence-corrected chi connectivity index (χ3v) is 0.863. The predicted octanol–water partition coefficient (Wildman–Crippen LogP) is 0.292. The first-order valence-electron chi connectivity index (χ1n) is 3.44. The number of hydrogen-bond acceptors (Lipinski definition) is 5. The minimum absolute atomic E-state index is 0.0445. The molecule has 0 saturated carbocycles. The van der Waals surface area contributed by atoms with Crippen LogP contribution in [0, 0.1) is 0 Å². The highest BCUT2D eigenvalue weighted by molar-refractivity contribution is 5.60. The lowest BCUT2D eigenvalue weighted by Crippen LogP contribution is -2.11. The van der Waals surface area contributed by atoms with E-state index in [2.05, 4.69) is 16.1 Å². The summed E-state index contributed by atoms with van der Waals surface area (Å²) in [4.78, 5) is 10.5. The molecule has 1 N–H and O–H groups in total. The quantitative estimate of drug-likeness (QED) is 0.358. The van der Waals surface area contributed by atoms with E-state index in [9.17, 15) is 4.79 Å². The van der Waals surface area contributed by atoms with Crippen molar-refractivity contribution in [1.82, 2.24) is 0 Å².